The lowest BCUT2D eigenvalue weighted by atomic mass is 10.1. The van der Waals surface area contributed by atoms with Crippen molar-refractivity contribution in [2.75, 3.05) is 13.2 Å². The summed E-state index contributed by atoms with van der Waals surface area (Å²) in [5.74, 6) is 0.524. The number of carbonyl (C=O) groups is 1. The van der Waals surface area contributed by atoms with Gasteiger partial charge in [-0.3, -0.25) is 4.79 Å². The minimum absolute atomic E-state index is 0.251. The van der Waals surface area contributed by atoms with Crippen LogP contribution in [0, 0.1) is 19.7 Å². The van der Waals surface area contributed by atoms with Crippen LogP contribution in [0.25, 0.3) is 5.69 Å². The van der Waals surface area contributed by atoms with Gasteiger partial charge in [0.25, 0.3) is 5.91 Å². The van der Waals surface area contributed by atoms with Crippen LogP contribution < -0.4 is 14.8 Å². The molecular formula is C21H19ClFN3O3. The Bertz CT molecular complexity index is 1080. The highest BCUT2D eigenvalue weighted by molar-refractivity contribution is 6.32. The van der Waals surface area contributed by atoms with Crippen LogP contribution in [0.15, 0.2) is 36.4 Å². The first-order valence-electron chi connectivity index (χ1n) is 9.12. The van der Waals surface area contributed by atoms with Gasteiger partial charge >= 0.3 is 0 Å². The summed E-state index contributed by atoms with van der Waals surface area (Å²) < 4.78 is 25.9. The highest BCUT2D eigenvalue weighted by Gasteiger charge is 2.21. The van der Waals surface area contributed by atoms with Crippen molar-refractivity contribution in [3.8, 4) is 17.2 Å². The first kappa shape index (κ1) is 19.3. The van der Waals surface area contributed by atoms with Gasteiger partial charge in [0.1, 0.15) is 19.0 Å². The van der Waals surface area contributed by atoms with Gasteiger partial charge in [0, 0.05) is 6.54 Å². The molecule has 0 atom stereocenters. The van der Waals surface area contributed by atoms with Crippen molar-refractivity contribution in [3.63, 3.8) is 0 Å². The Morgan fingerprint density at radius 2 is 1.93 bits per heavy atom. The molecular weight excluding hydrogens is 397 g/mol. The van der Waals surface area contributed by atoms with E-state index in [4.69, 9.17) is 21.1 Å². The molecule has 0 saturated carbocycles. The summed E-state index contributed by atoms with van der Waals surface area (Å²) in [5, 5.41) is 7.78. The molecule has 2 aromatic carbocycles. The van der Waals surface area contributed by atoms with Crippen LogP contribution in [0.4, 0.5) is 4.39 Å². The Labute approximate surface area is 172 Å². The maximum atomic E-state index is 13.2. The Morgan fingerprint density at radius 3 is 2.69 bits per heavy atom. The van der Waals surface area contributed by atoms with Gasteiger partial charge in [0.2, 0.25) is 0 Å². The number of ether oxygens (including phenoxy) is 2. The normalized spacial score (nSPS) is 12.7. The molecule has 0 saturated heterocycles. The Hall–Kier alpha value is -3.06. The Balaban J connectivity index is 1.53. The van der Waals surface area contributed by atoms with E-state index in [1.54, 1.807) is 36.7 Å². The number of aromatic nitrogens is 2. The number of fused-ring (bicyclic) bond motifs is 1. The number of benzene rings is 2. The van der Waals surface area contributed by atoms with Crippen LogP contribution in [0.1, 0.15) is 27.3 Å². The van der Waals surface area contributed by atoms with Crippen LogP contribution >= 0.6 is 11.6 Å². The topological polar surface area (TPSA) is 65.4 Å². The van der Waals surface area contributed by atoms with Crippen molar-refractivity contribution in [2.24, 2.45) is 0 Å². The third-order valence-electron chi connectivity index (χ3n) is 4.70. The lowest BCUT2D eigenvalue weighted by Gasteiger charge is -2.20. The Morgan fingerprint density at radius 1 is 1.21 bits per heavy atom. The molecule has 1 N–H and O–H groups in total. The number of rotatable bonds is 4. The smallest absolute Gasteiger partial charge is 0.255 e. The molecule has 29 heavy (non-hydrogen) atoms. The molecule has 0 spiro atoms. The third-order valence-corrected chi connectivity index (χ3v) is 4.98. The van der Waals surface area contributed by atoms with Crippen LogP contribution in [0.3, 0.4) is 0 Å². The minimum atomic E-state index is -0.327. The fourth-order valence-electron chi connectivity index (χ4n) is 3.34. The van der Waals surface area contributed by atoms with E-state index in [9.17, 15) is 9.18 Å². The molecule has 1 aromatic heterocycles. The number of aryl methyl sites for hydroxylation is 1. The molecule has 0 radical (unpaired) electrons. The summed E-state index contributed by atoms with van der Waals surface area (Å²) in [6.07, 6.45) is 0. The second-order valence-corrected chi connectivity index (χ2v) is 7.13. The summed E-state index contributed by atoms with van der Waals surface area (Å²) in [6.45, 7) is 4.76. The van der Waals surface area contributed by atoms with Crippen molar-refractivity contribution < 1.29 is 18.7 Å². The highest BCUT2D eigenvalue weighted by Crippen LogP contribution is 2.38. The molecule has 0 unspecified atom stereocenters. The van der Waals surface area contributed by atoms with Gasteiger partial charge in [0.15, 0.2) is 11.5 Å². The minimum Gasteiger partial charge on any atom is -0.486 e. The number of amides is 1. The summed E-state index contributed by atoms with van der Waals surface area (Å²) in [5.41, 5.74) is 3.23. The number of hydrogen-bond acceptors (Lipinski definition) is 4. The number of nitrogens with one attached hydrogen (secondary N) is 1. The SMILES string of the molecule is Cc1nn(-c2ccc(F)cc2)c(C)c1C(=O)NCc1cc(Cl)c2c(c1)OCCO2. The van der Waals surface area contributed by atoms with Crippen molar-refractivity contribution in [1.82, 2.24) is 15.1 Å². The van der Waals surface area contributed by atoms with Gasteiger partial charge in [-0.1, -0.05) is 11.6 Å². The highest BCUT2D eigenvalue weighted by atomic mass is 35.5. The molecule has 1 amide bonds. The van der Waals surface area contributed by atoms with E-state index in [2.05, 4.69) is 10.4 Å². The molecule has 3 aromatic rings. The van der Waals surface area contributed by atoms with E-state index in [-0.39, 0.29) is 18.3 Å². The van der Waals surface area contributed by atoms with Gasteiger partial charge in [-0.2, -0.15) is 5.10 Å². The molecule has 0 aliphatic carbocycles. The molecule has 2 heterocycles. The molecule has 8 heteroatoms. The molecule has 150 valence electrons. The van der Waals surface area contributed by atoms with Crippen LogP contribution in [0.2, 0.25) is 5.02 Å². The number of halogens is 2. The van der Waals surface area contributed by atoms with Crippen molar-refractivity contribution in [2.45, 2.75) is 20.4 Å². The summed E-state index contributed by atoms with van der Waals surface area (Å²) >= 11 is 6.25. The largest absolute Gasteiger partial charge is 0.486 e. The van der Waals surface area contributed by atoms with Gasteiger partial charge in [-0.25, -0.2) is 9.07 Å². The monoisotopic (exact) mass is 415 g/mol. The maximum Gasteiger partial charge on any atom is 0.255 e. The first-order valence-corrected chi connectivity index (χ1v) is 9.50. The number of nitrogens with zero attached hydrogens (tertiary/aromatic N) is 2. The number of carbonyl (C=O) groups excluding carboxylic acids is 1. The summed E-state index contributed by atoms with van der Waals surface area (Å²) in [6, 6.07) is 9.51. The zero-order valence-corrected chi connectivity index (χ0v) is 16.7. The predicted molar refractivity (Wildman–Crippen MR) is 107 cm³/mol. The third kappa shape index (κ3) is 3.78. The van der Waals surface area contributed by atoms with Crippen LogP contribution in [0.5, 0.6) is 11.5 Å². The lowest BCUT2D eigenvalue weighted by Crippen LogP contribution is -2.24. The fraction of sp³-hybridized carbons (Fsp3) is 0.238. The average Bonchev–Trinajstić information content (AvgIpc) is 3.01. The van der Waals surface area contributed by atoms with Crippen molar-refractivity contribution in [3.05, 3.63) is 69.8 Å². The molecule has 6 nitrogen and oxygen atoms in total. The van der Waals surface area contributed by atoms with Crippen molar-refractivity contribution in [1.29, 1.82) is 0 Å². The molecule has 0 bridgehead atoms. The summed E-state index contributed by atoms with van der Waals surface area (Å²) in [7, 11) is 0. The fourth-order valence-corrected chi connectivity index (χ4v) is 3.63. The second-order valence-electron chi connectivity index (χ2n) is 6.72. The van der Waals surface area contributed by atoms with Crippen molar-refractivity contribution >= 4 is 17.5 Å². The van der Waals surface area contributed by atoms with E-state index in [0.29, 0.717) is 52.4 Å². The van der Waals surface area contributed by atoms with Gasteiger partial charge < -0.3 is 14.8 Å². The Kier molecular flexibility index (Phi) is 5.15. The van der Waals surface area contributed by atoms with E-state index in [0.717, 1.165) is 5.56 Å². The summed E-state index contributed by atoms with van der Waals surface area (Å²) in [4.78, 5) is 12.8. The van der Waals surface area contributed by atoms with Crippen LogP contribution in [-0.2, 0) is 6.54 Å². The average molecular weight is 416 g/mol. The maximum absolute atomic E-state index is 13.2. The quantitative estimate of drug-likeness (QED) is 0.700. The zero-order valence-electron chi connectivity index (χ0n) is 16.0. The van der Waals surface area contributed by atoms with E-state index in [1.807, 2.05) is 6.07 Å². The van der Waals surface area contributed by atoms with Gasteiger partial charge in [0.05, 0.1) is 27.7 Å². The molecule has 0 fully saturated rings. The van der Waals surface area contributed by atoms with E-state index < -0.39 is 0 Å². The number of hydrogen-bond donors (Lipinski definition) is 1. The molecule has 4 rings (SSSR count). The van der Waals surface area contributed by atoms with Gasteiger partial charge in [-0.15, -0.1) is 0 Å². The molecule has 1 aliphatic heterocycles. The molecule has 1 aliphatic rings. The van der Waals surface area contributed by atoms with Gasteiger partial charge in [-0.05, 0) is 55.8 Å². The van der Waals surface area contributed by atoms with E-state index in [1.165, 1.54) is 12.1 Å². The van der Waals surface area contributed by atoms with Crippen LogP contribution in [-0.4, -0.2) is 28.9 Å². The zero-order chi connectivity index (χ0) is 20.5. The predicted octanol–water partition coefficient (Wildman–Crippen LogP) is 3.98. The van der Waals surface area contributed by atoms with E-state index >= 15 is 0 Å². The second kappa shape index (κ2) is 7.75. The standard InChI is InChI=1S/C21H19ClFN3O3/c1-12-19(13(2)26(25-12)16-5-3-15(23)4-6-16)21(27)24-11-14-9-17(22)20-18(10-14)28-7-8-29-20/h3-6,9-10H,7-8,11H2,1-2H3,(H,24,27). The lowest BCUT2D eigenvalue weighted by molar-refractivity contribution is 0.0949. The first-order chi connectivity index (χ1) is 13.9.